The average molecular weight is 236 g/mol. The van der Waals surface area contributed by atoms with E-state index < -0.39 is 0 Å². The number of nitrogens with one attached hydrogen (secondary N) is 1. The molecule has 0 bridgehead atoms. The molecule has 94 valence electrons. The predicted octanol–water partition coefficient (Wildman–Crippen LogP) is 2.66. The van der Waals surface area contributed by atoms with Crippen LogP contribution in [-0.2, 0) is 4.74 Å². The van der Waals surface area contributed by atoms with Crippen LogP contribution in [0.1, 0.15) is 37.6 Å². The second kappa shape index (κ2) is 5.08. The molecular weight excluding hydrogens is 216 g/mol. The normalized spacial score (nSPS) is 11.1. The molecule has 0 unspecified atom stereocenters. The van der Waals surface area contributed by atoms with Crippen LogP contribution < -0.4 is 11.1 Å². The largest absolute Gasteiger partial charge is 0.465 e. The minimum Gasteiger partial charge on any atom is -0.465 e. The second-order valence-electron chi connectivity index (χ2n) is 4.66. The van der Waals surface area contributed by atoms with Gasteiger partial charge in [0.15, 0.2) is 0 Å². The molecule has 0 heterocycles. The predicted molar refractivity (Wildman–Crippen MR) is 70.2 cm³/mol. The summed E-state index contributed by atoms with van der Waals surface area (Å²) in [6.07, 6.45) is 0.942. The highest BCUT2D eigenvalue weighted by molar-refractivity contribution is 5.96. The van der Waals surface area contributed by atoms with Gasteiger partial charge in [-0.1, -0.05) is 6.92 Å². The van der Waals surface area contributed by atoms with Crippen LogP contribution in [0.3, 0.4) is 0 Å². The quantitative estimate of drug-likeness (QED) is 0.623. The molecule has 0 aromatic heterocycles. The van der Waals surface area contributed by atoms with Crippen LogP contribution in [0.15, 0.2) is 18.2 Å². The Kier molecular flexibility index (Phi) is 3.99. The molecule has 0 aliphatic heterocycles. The van der Waals surface area contributed by atoms with Gasteiger partial charge in [-0.15, -0.1) is 0 Å². The van der Waals surface area contributed by atoms with Gasteiger partial charge < -0.3 is 15.8 Å². The lowest BCUT2D eigenvalue weighted by Crippen LogP contribution is -2.30. The van der Waals surface area contributed by atoms with E-state index in [1.54, 1.807) is 18.2 Å². The lowest BCUT2D eigenvalue weighted by molar-refractivity contribution is 0.0602. The molecule has 0 saturated carbocycles. The average Bonchev–Trinajstić information content (AvgIpc) is 2.30. The minimum absolute atomic E-state index is 0.0844. The molecule has 1 aromatic carbocycles. The van der Waals surface area contributed by atoms with Crippen molar-refractivity contribution in [1.29, 1.82) is 0 Å². The van der Waals surface area contributed by atoms with Crippen LogP contribution in [0.25, 0.3) is 0 Å². The van der Waals surface area contributed by atoms with Crippen LogP contribution in [0.5, 0.6) is 0 Å². The first-order valence-electron chi connectivity index (χ1n) is 5.65. The monoisotopic (exact) mass is 236 g/mol. The second-order valence-corrected chi connectivity index (χ2v) is 4.66. The fourth-order valence-electron chi connectivity index (χ4n) is 1.40. The van der Waals surface area contributed by atoms with E-state index >= 15 is 0 Å². The number of methoxy groups -OCH3 is 1. The molecule has 0 saturated heterocycles. The third-order valence-electron chi connectivity index (χ3n) is 2.81. The zero-order chi connectivity index (χ0) is 13.1. The molecule has 0 atom stereocenters. The molecular formula is C13H20N2O2. The van der Waals surface area contributed by atoms with Gasteiger partial charge in [0.25, 0.3) is 0 Å². The Balaban J connectivity index is 3.11. The number of rotatable bonds is 4. The van der Waals surface area contributed by atoms with E-state index in [9.17, 15) is 4.79 Å². The summed E-state index contributed by atoms with van der Waals surface area (Å²) < 4.78 is 4.75. The molecule has 0 aliphatic carbocycles. The standard InChI is InChI=1S/C13H20N2O2/c1-5-13(2,3)15-11-7-6-9(14)8-10(11)12(16)17-4/h6-8,15H,5,14H2,1-4H3. The van der Waals surface area contributed by atoms with E-state index in [2.05, 4.69) is 26.1 Å². The van der Waals surface area contributed by atoms with Gasteiger partial charge in [-0.2, -0.15) is 0 Å². The first-order chi connectivity index (χ1) is 7.89. The van der Waals surface area contributed by atoms with E-state index in [4.69, 9.17) is 10.5 Å². The summed E-state index contributed by atoms with van der Waals surface area (Å²) >= 11 is 0. The molecule has 0 amide bonds. The molecule has 17 heavy (non-hydrogen) atoms. The summed E-state index contributed by atoms with van der Waals surface area (Å²) in [5.74, 6) is -0.383. The Morgan fingerprint density at radius 2 is 2.12 bits per heavy atom. The van der Waals surface area contributed by atoms with Gasteiger partial charge in [-0.3, -0.25) is 0 Å². The van der Waals surface area contributed by atoms with Crippen molar-refractivity contribution in [3.8, 4) is 0 Å². The molecule has 3 N–H and O–H groups in total. The summed E-state index contributed by atoms with van der Waals surface area (Å²) in [4.78, 5) is 11.6. The molecule has 1 aromatic rings. The fourth-order valence-corrected chi connectivity index (χ4v) is 1.40. The van der Waals surface area contributed by atoms with Crippen molar-refractivity contribution in [1.82, 2.24) is 0 Å². The van der Waals surface area contributed by atoms with Gasteiger partial charge in [0.1, 0.15) is 0 Å². The van der Waals surface area contributed by atoms with Crippen molar-refractivity contribution in [2.45, 2.75) is 32.7 Å². The number of hydrogen-bond acceptors (Lipinski definition) is 4. The maximum atomic E-state index is 11.6. The van der Waals surface area contributed by atoms with Gasteiger partial charge >= 0.3 is 5.97 Å². The molecule has 0 fully saturated rings. The Morgan fingerprint density at radius 3 is 2.65 bits per heavy atom. The van der Waals surface area contributed by atoms with Crippen molar-refractivity contribution >= 4 is 17.3 Å². The summed E-state index contributed by atoms with van der Waals surface area (Å²) in [6.45, 7) is 6.23. The van der Waals surface area contributed by atoms with Crippen LogP contribution in [0.4, 0.5) is 11.4 Å². The topological polar surface area (TPSA) is 64.3 Å². The third-order valence-corrected chi connectivity index (χ3v) is 2.81. The Hall–Kier alpha value is -1.71. The molecule has 1 rings (SSSR count). The van der Waals surface area contributed by atoms with E-state index in [1.807, 2.05) is 0 Å². The Labute approximate surface area is 102 Å². The lowest BCUT2D eigenvalue weighted by atomic mass is 10.0. The number of esters is 1. The van der Waals surface area contributed by atoms with Crippen LogP contribution in [0.2, 0.25) is 0 Å². The summed E-state index contributed by atoms with van der Waals surface area (Å²) in [5.41, 5.74) is 7.36. The van der Waals surface area contributed by atoms with E-state index in [1.165, 1.54) is 7.11 Å². The number of nitrogen functional groups attached to an aromatic ring is 1. The van der Waals surface area contributed by atoms with Crippen molar-refractivity contribution in [3.63, 3.8) is 0 Å². The van der Waals surface area contributed by atoms with Crippen LogP contribution >= 0.6 is 0 Å². The zero-order valence-electron chi connectivity index (χ0n) is 10.8. The van der Waals surface area contributed by atoms with Crippen molar-refractivity contribution < 1.29 is 9.53 Å². The maximum Gasteiger partial charge on any atom is 0.340 e. The summed E-state index contributed by atoms with van der Waals surface area (Å²) in [6, 6.07) is 5.19. The number of carbonyl (C=O) groups is 1. The maximum absolute atomic E-state index is 11.6. The van der Waals surface area contributed by atoms with E-state index in [0.29, 0.717) is 11.3 Å². The number of ether oxygens (including phenoxy) is 1. The van der Waals surface area contributed by atoms with Crippen LogP contribution in [0, 0.1) is 0 Å². The van der Waals surface area contributed by atoms with Crippen molar-refractivity contribution in [2.75, 3.05) is 18.2 Å². The first kappa shape index (κ1) is 13.4. The lowest BCUT2D eigenvalue weighted by Gasteiger charge is -2.27. The smallest absolute Gasteiger partial charge is 0.340 e. The molecule has 0 radical (unpaired) electrons. The van der Waals surface area contributed by atoms with Gasteiger partial charge in [0.2, 0.25) is 0 Å². The molecule has 0 spiro atoms. The number of hydrogen-bond donors (Lipinski definition) is 2. The molecule has 4 heteroatoms. The highest BCUT2D eigenvalue weighted by Gasteiger charge is 2.19. The zero-order valence-corrected chi connectivity index (χ0v) is 10.8. The molecule has 4 nitrogen and oxygen atoms in total. The summed E-state index contributed by atoms with van der Waals surface area (Å²) in [5, 5.41) is 3.32. The van der Waals surface area contributed by atoms with Crippen molar-refractivity contribution in [2.24, 2.45) is 0 Å². The number of nitrogens with two attached hydrogens (primary N) is 1. The van der Waals surface area contributed by atoms with Crippen LogP contribution in [-0.4, -0.2) is 18.6 Å². The Morgan fingerprint density at radius 1 is 1.47 bits per heavy atom. The first-order valence-corrected chi connectivity index (χ1v) is 5.65. The number of anilines is 2. The van der Waals surface area contributed by atoms with Gasteiger partial charge in [-0.05, 0) is 38.5 Å². The minimum atomic E-state index is -0.383. The Bertz CT molecular complexity index is 414. The highest BCUT2D eigenvalue weighted by atomic mass is 16.5. The molecule has 0 aliphatic rings. The van der Waals surface area contributed by atoms with E-state index in [0.717, 1.165) is 12.1 Å². The highest BCUT2D eigenvalue weighted by Crippen LogP contribution is 2.24. The SMILES string of the molecule is CCC(C)(C)Nc1ccc(N)cc1C(=O)OC. The number of benzene rings is 1. The fraction of sp³-hybridized carbons (Fsp3) is 0.462. The van der Waals surface area contributed by atoms with Gasteiger partial charge in [0.05, 0.1) is 12.7 Å². The number of carbonyl (C=O) groups excluding carboxylic acids is 1. The van der Waals surface area contributed by atoms with Gasteiger partial charge in [0, 0.05) is 16.9 Å². The van der Waals surface area contributed by atoms with Crippen molar-refractivity contribution in [3.05, 3.63) is 23.8 Å². The van der Waals surface area contributed by atoms with E-state index in [-0.39, 0.29) is 11.5 Å². The third kappa shape index (κ3) is 3.37. The van der Waals surface area contributed by atoms with Gasteiger partial charge in [-0.25, -0.2) is 4.79 Å². The summed E-state index contributed by atoms with van der Waals surface area (Å²) in [7, 11) is 1.36.